The zero-order valence-corrected chi connectivity index (χ0v) is 6.99. The Labute approximate surface area is 77.7 Å². The number of halogens is 4. The molecule has 0 fully saturated rings. The summed E-state index contributed by atoms with van der Waals surface area (Å²) in [6.45, 7) is 0. The monoisotopic (exact) mass is 214 g/mol. The molecule has 1 heterocycles. The number of nitrogens with two attached hydrogens (primary N) is 1. The van der Waals surface area contributed by atoms with E-state index >= 15 is 0 Å². The van der Waals surface area contributed by atoms with E-state index in [9.17, 15) is 13.2 Å². The minimum Gasteiger partial charge on any atom is -0.307 e. The molecule has 0 spiro atoms. The quantitative estimate of drug-likeness (QED) is 0.545. The van der Waals surface area contributed by atoms with E-state index in [1.807, 2.05) is 0 Å². The Morgan fingerprint density at radius 1 is 1.23 bits per heavy atom. The molecule has 0 unspecified atom stereocenters. The molecular formula is C5H6ClF3N4. The molecule has 0 atom stereocenters. The molecule has 0 amide bonds. The van der Waals surface area contributed by atoms with Crippen LogP contribution in [0, 0.1) is 0 Å². The molecule has 0 saturated heterocycles. The zero-order valence-electron chi connectivity index (χ0n) is 6.17. The van der Waals surface area contributed by atoms with Gasteiger partial charge in [0.15, 0.2) is 11.5 Å². The van der Waals surface area contributed by atoms with Crippen molar-refractivity contribution in [2.45, 2.75) is 6.18 Å². The van der Waals surface area contributed by atoms with E-state index in [1.54, 1.807) is 0 Å². The van der Waals surface area contributed by atoms with Crippen LogP contribution in [0.25, 0.3) is 0 Å². The highest BCUT2D eigenvalue weighted by molar-refractivity contribution is 5.85. The molecular weight excluding hydrogens is 209 g/mol. The van der Waals surface area contributed by atoms with E-state index in [0.29, 0.717) is 6.20 Å². The zero-order chi connectivity index (χ0) is 9.19. The van der Waals surface area contributed by atoms with Crippen molar-refractivity contribution < 1.29 is 13.2 Å². The van der Waals surface area contributed by atoms with Crippen LogP contribution in [0.3, 0.4) is 0 Å². The average Bonchev–Trinajstić information content (AvgIpc) is 2.03. The van der Waals surface area contributed by atoms with E-state index in [1.165, 1.54) is 0 Å². The van der Waals surface area contributed by atoms with Gasteiger partial charge in [0.05, 0.1) is 12.4 Å². The number of hydrogen-bond acceptors (Lipinski definition) is 4. The maximum atomic E-state index is 11.9. The topological polar surface area (TPSA) is 63.8 Å². The lowest BCUT2D eigenvalue weighted by Crippen LogP contribution is -2.12. The second-order valence-electron chi connectivity index (χ2n) is 1.93. The highest BCUT2D eigenvalue weighted by Gasteiger charge is 2.32. The van der Waals surface area contributed by atoms with Gasteiger partial charge >= 0.3 is 6.18 Å². The lowest BCUT2D eigenvalue weighted by molar-refractivity contribution is -0.141. The Bertz CT molecular complexity index is 259. The molecule has 0 bridgehead atoms. The Balaban J connectivity index is 0.00000144. The van der Waals surface area contributed by atoms with E-state index in [0.717, 1.165) is 6.20 Å². The molecule has 8 heteroatoms. The number of nitrogens with one attached hydrogen (secondary N) is 1. The molecule has 74 valence electrons. The molecule has 0 aliphatic heterocycles. The minimum absolute atomic E-state index is 0. The summed E-state index contributed by atoms with van der Waals surface area (Å²) < 4.78 is 35.6. The van der Waals surface area contributed by atoms with Gasteiger partial charge in [-0.15, -0.1) is 12.4 Å². The van der Waals surface area contributed by atoms with Gasteiger partial charge in [0.1, 0.15) is 0 Å². The Morgan fingerprint density at radius 3 is 2.15 bits per heavy atom. The van der Waals surface area contributed by atoms with E-state index in [-0.39, 0.29) is 18.2 Å². The summed E-state index contributed by atoms with van der Waals surface area (Å²) >= 11 is 0. The summed E-state index contributed by atoms with van der Waals surface area (Å²) in [7, 11) is 0. The first-order valence-electron chi connectivity index (χ1n) is 2.90. The summed E-state index contributed by atoms with van der Waals surface area (Å²) in [5, 5.41) is 0. The molecule has 1 rings (SSSR count). The Kier molecular flexibility index (Phi) is 3.89. The normalized spacial score (nSPS) is 10.5. The van der Waals surface area contributed by atoms with Crippen molar-refractivity contribution >= 4 is 18.2 Å². The number of hydrogen-bond donors (Lipinski definition) is 2. The predicted octanol–water partition coefficient (Wildman–Crippen LogP) is 1.20. The highest BCUT2D eigenvalue weighted by atomic mass is 35.5. The van der Waals surface area contributed by atoms with Crippen LogP contribution in [0.2, 0.25) is 0 Å². The fraction of sp³-hybridized carbons (Fsp3) is 0.200. The molecule has 0 aliphatic carbocycles. The summed E-state index contributed by atoms with van der Waals surface area (Å²) in [6, 6.07) is 0. The number of nitrogen functional groups attached to an aromatic ring is 1. The molecule has 0 aromatic carbocycles. The van der Waals surface area contributed by atoms with Crippen LogP contribution in [-0.4, -0.2) is 9.97 Å². The van der Waals surface area contributed by atoms with Crippen LogP contribution in [0.15, 0.2) is 12.4 Å². The smallest absolute Gasteiger partial charge is 0.307 e. The predicted molar refractivity (Wildman–Crippen MR) is 42.1 cm³/mol. The van der Waals surface area contributed by atoms with Crippen LogP contribution in [0.5, 0.6) is 0 Å². The van der Waals surface area contributed by atoms with Crippen LogP contribution >= 0.6 is 12.4 Å². The third-order valence-electron chi connectivity index (χ3n) is 1.09. The van der Waals surface area contributed by atoms with Crippen molar-refractivity contribution in [1.82, 2.24) is 9.97 Å². The average molecular weight is 215 g/mol. The van der Waals surface area contributed by atoms with Gasteiger partial charge in [-0.2, -0.15) is 13.2 Å². The second kappa shape index (κ2) is 4.24. The summed E-state index contributed by atoms with van der Waals surface area (Å²) in [5.74, 6) is 4.96. The van der Waals surface area contributed by atoms with Gasteiger partial charge in [-0.1, -0.05) is 0 Å². The van der Waals surface area contributed by atoms with Crippen molar-refractivity contribution in [3.63, 3.8) is 0 Å². The number of hydrazine groups is 1. The van der Waals surface area contributed by atoms with Crippen LogP contribution in [0.1, 0.15) is 5.69 Å². The molecule has 13 heavy (non-hydrogen) atoms. The number of alkyl halides is 3. The molecule has 1 aromatic rings. The first-order chi connectivity index (χ1) is 5.54. The van der Waals surface area contributed by atoms with E-state index < -0.39 is 11.9 Å². The largest absolute Gasteiger partial charge is 0.434 e. The third kappa shape index (κ3) is 3.03. The molecule has 1 aromatic heterocycles. The van der Waals surface area contributed by atoms with Crippen molar-refractivity contribution in [2.75, 3.05) is 5.43 Å². The van der Waals surface area contributed by atoms with Crippen LogP contribution < -0.4 is 11.3 Å². The first kappa shape index (κ1) is 11.9. The van der Waals surface area contributed by atoms with Gasteiger partial charge in [0.2, 0.25) is 0 Å². The second-order valence-corrected chi connectivity index (χ2v) is 1.93. The number of nitrogens with zero attached hydrogens (tertiary/aromatic N) is 2. The first-order valence-corrected chi connectivity index (χ1v) is 2.90. The lowest BCUT2D eigenvalue weighted by atomic mass is 10.4. The van der Waals surface area contributed by atoms with Crippen molar-refractivity contribution in [2.24, 2.45) is 5.84 Å². The maximum Gasteiger partial charge on any atom is 0.434 e. The van der Waals surface area contributed by atoms with Crippen molar-refractivity contribution in [1.29, 1.82) is 0 Å². The Morgan fingerprint density at radius 2 is 1.85 bits per heavy atom. The fourth-order valence-corrected chi connectivity index (χ4v) is 0.549. The van der Waals surface area contributed by atoms with Gasteiger partial charge < -0.3 is 5.43 Å². The Hall–Kier alpha value is -1.08. The molecule has 3 N–H and O–H groups in total. The third-order valence-corrected chi connectivity index (χ3v) is 1.09. The van der Waals surface area contributed by atoms with Crippen molar-refractivity contribution in [3.05, 3.63) is 18.1 Å². The van der Waals surface area contributed by atoms with Gasteiger partial charge in [-0.25, -0.2) is 15.8 Å². The molecule has 4 nitrogen and oxygen atoms in total. The number of aromatic nitrogens is 2. The SMILES string of the molecule is Cl.NNc1cnc(C(F)(F)F)cn1. The standard InChI is InChI=1S/C5H5F3N4.ClH/c6-5(7,8)3-1-11-4(12-9)2-10-3;/h1-2H,9H2,(H,11,12);1H. The van der Waals surface area contributed by atoms with Crippen LogP contribution in [0.4, 0.5) is 19.0 Å². The van der Waals surface area contributed by atoms with Gasteiger partial charge in [-0.3, -0.25) is 0 Å². The van der Waals surface area contributed by atoms with Gasteiger partial charge in [0.25, 0.3) is 0 Å². The summed E-state index contributed by atoms with van der Waals surface area (Å²) in [5.41, 5.74) is 1.02. The minimum atomic E-state index is -4.46. The van der Waals surface area contributed by atoms with E-state index in [4.69, 9.17) is 5.84 Å². The fourth-order valence-electron chi connectivity index (χ4n) is 0.549. The summed E-state index contributed by atoms with van der Waals surface area (Å²) in [6.07, 6.45) is -2.95. The van der Waals surface area contributed by atoms with Crippen LogP contribution in [-0.2, 0) is 6.18 Å². The van der Waals surface area contributed by atoms with E-state index in [2.05, 4.69) is 15.4 Å². The highest BCUT2D eigenvalue weighted by Crippen LogP contribution is 2.26. The molecule has 0 radical (unpaired) electrons. The maximum absolute atomic E-state index is 11.9. The van der Waals surface area contributed by atoms with Crippen molar-refractivity contribution in [3.8, 4) is 0 Å². The lowest BCUT2D eigenvalue weighted by Gasteiger charge is -2.04. The number of anilines is 1. The van der Waals surface area contributed by atoms with Gasteiger partial charge in [0, 0.05) is 0 Å². The van der Waals surface area contributed by atoms with Gasteiger partial charge in [-0.05, 0) is 0 Å². The molecule has 0 aliphatic rings. The molecule has 0 saturated carbocycles. The number of rotatable bonds is 1. The summed E-state index contributed by atoms with van der Waals surface area (Å²) in [4.78, 5) is 6.44.